The molecule has 112 valence electrons. The Kier molecular flexibility index (Phi) is 7.44. The van der Waals surface area contributed by atoms with Gasteiger partial charge in [-0.25, -0.2) is 9.59 Å². The highest BCUT2D eigenvalue weighted by atomic mass is 16.4. The van der Waals surface area contributed by atoms with Crippen LogP contribution >= 0.6 is 0 Å². The van der Waals surface area contributed by atoms with Gasteiger partial charge in [-0.2, -0.15) is 0 Å². The van der Waals surface area contributed by atoms with Gasteiger partial charge in [0.05, 0.1) is 0 Å². The van der Waals surface area contributed by atoms with Gasteiger partial charge in [0, 0.05) is 6.54 Å². The topological polar surface area (TPSA) is 81.7 Å². The van der Waals surface area contributed by atoms with Crippen LogP contribution < -0.4 is 10.6 Å². The number of carboxylic acids is 1. The van der Waals surface area contributed by atoms with E-state index in [1.165, 1.54) is 0 Å². The third-order valence-electron chi connectivity index (χ3n) is 2.71. The number of carbonyl (C=O) groups is 2. The van der Waals surface area contributed by atoms with Crippen molar-refractivity contribution in [2.45, 2.75) is 39.7 Å². The summed E-state index contributed by atoms with van der Waals surface area (Å²) in [4.78, 5) is 24.8. The van der Waals surface area contributed by atoms with Crippen LogP contribution in [0, 0.1) is 5.41 Å². The quantitative estimate of drug-likeness (QED) is 0.607. The zero-order chi connectivity index (χ0) is 15.1. The van der Waals surface area contributed by atoms with Gasteiger partial charge in [0.25, 0.3) is 0 Å². The first-order valence-electron chi connectivity index (χ1n) is 6.56. The van der Waals surface area contributed by atoms with Crippen LogP contribution in [0.3, 0.4) is 0 Å². The molecule has 0 saturated heterocycles. The first-order chi connectivity index (χ1) is 8.64. The molecule has 0 aromatic carbocycles. The summed E-state index contributed by atoms with van der Waals surface area (Å²) in [6.45, 7) is 6.87. The average Bonchev–Trinajstić information content (AvgIpc) is 2.23. The van der Waals surface area contributed by atoms with Crippen molar-refractivity contribution < 1.29 is 14.7 Å². The molecule has 2 amide bonds. The maximum absolute atomic E-state index is 11.6. The van der Waals surface area contributed by atoms with Crippen LogP contribution in [0.4, 0.5) is 4.79 Å². The van der Waals surface area contributed by atoms with E-state index in [0.717, 1.165) is 19.4 Å². The third kappa shape index (κ3) is 8.42. The molecule has 0 radical (unpaired) electrons. The summed E-state index contributed by atoms with van der Waals surface area (Å²) >= 11 is 0. The molecule has 0 saturated carbocycles. The van der Waals surface area contributed by atoms with E-state index in [2.05, 4.69) is 15.5 Å². The summed E-state index contributed by atoms with van der Waals surface area (Å²) in [5.41, 5.74) is -0.520. The van der Waals surface area contributed by atoms with E-state index in [1.54, 1.807) is 20.8 Å². The van der Waals surface area contributed by atoms with Gasteiger partial charge in [0.1, 0.15) is 6.04 Å². The van der Waals surface area contributed by atoms with Crippen molar-refractivity contribution in [3.63, 3.8) is 0 Å². The Balaban J connectivity index is 3.99. The molecule has 6 heteroatoms. The van der Waals surface area contributed by atoms with E-state index in [-0.39, 0.29) is 0 Å². The number of carbonyl (C=O) groups excluding carboxylic acids is 1. The molecule has 3 N–H and O–H groups in total. The molecule has 0 heterocycles. The molecule has 0 bridgehead atoms. The smallest absolute Gasteiger partial charge is 0.326 e. The highest BCUT2D eigenvalue weighted by Gasteiger charge is 2.32. The summed E-state index contributed by atoms with van der Waals surface area (Å²) in [5.74, 6) is -1.02. The lowest BCUT2D eigenvalue weighted by Gasteiger charge is -2.27. The number of nitrogens with one attached hydrogen (secondary N) is 2. The van der Waals surface area contributed by atoms with E-state index in [4.69, 9.17) is 5.11 Å². The van der Waals surface area contributed by atoms with E-state index in [0.29, 0.717) is 6.54 Å². The SMILES string of the molecule is CN(C)CCCCNC(=O)NC(C(=O)O)C(C)(C)C. The monoisotopic (exact) mass is 273 g/mol. The number of hydrogen-bond donors (Lipinski definition) is 3. The predicted octanol–water partition coefficient (Wildman–Crippen LogP) is 1.13. The maximum atomic E-state index is 11.6. The van der Waals surface area contributed by atoms with Crippen LogP contribution in [-0.4, -0.2) is 55.2 Å². The van der Waals surface area contributed by atoms with Gasteiger partial charge >= 0.3 is 12.0 Å². The average molecular weight is 273 g/mol. The lowest BCUT2D eigenvalue weighted by atomic mass is 9.87. The van der Waals surface area contributed by atoms with Gasteiger partial charge in [-0.3, -0.25) is 0 Å². The maximum Gasteiger partial charge on any atom is 0.326 e. The van der Waals surface area contributed by atoms with Gasteiger partial charge in [-0.15, -0.1) is 0 Å². The molecule has 0 spiro atoms. The molecule has 0 aromatic heterocycles. The Labute approximate surface area is 115 Å². The Hall–Kier alpha value is -1.30. The molecule has 0 aliphatic heterocycles. The van der Waals surface area contributed by atoms with Crippen molar-refractivity contribution in [3.05, 3.63) is 0 Å². The first kappa shape index (κ1) is 17.7. The second-order valence-corrected chi connectivity index (χ2v) is 6.05. The fraction of sp³-hybridized carbons (Fsp3) is 0.846. The van der Waals surface area contributed by atoms with Crippen LogP contribution in [0.2, 0.25) is 0 Å². The fourth-order valence-corrected chi connectivity index (χ4v) is 1.59. The molecule has 6 nitrogen and oxygen atoms in total. The highest BCUT2D eigenvalue weighted by molar-refractivity contribution is 5.83. The Morgan fingerprint density at radius 2 is 1.79 bits per heavy atom. The van der Waals surface area contributed by atoms with Crippen molar-refractivity contribution >= 4 is 12.0 Å². The molecule has 1 unspecified atom stereocenters. The predicted molar refractivity (Wildman–Crippen MR) is 75.2 cm³/mol. The number of nitrogens with zero attached hydrogens (tertiary/aromatic N) is 1. The standard InChI is InChI=1S/C13H27N3O3/c1-13(2,3)10(11(17)18)15-12(19)14-8-6-7-9-16(4)5/h10H,6-9H2,1-5H3,(H,17,18)(H2,14,15,19). The van der Waals surface area contributed by atoms with Gasteiger partial charge < -0.3 is 20.6 Å². The summed E-state index contributed by atoms with van der Waals surface area (Å²) in [5, 5.41) is 14.3. The van der Waals surface area contributed by atoms with Crippen molar-refractivity contribution in [2.24, 2.45) is 5.41 Å². The second-order valence-electron chi connectivity index (χ2n) is 6.05. The van der Waals surface area contributed by atoms with Crippen LogP contribution in [-0.2, 0) is 4.79 Å². The number of carboxylic acid groups (broad SMARTS) is 1. The van der Waals surface area contributed by atoms with Gasteiger partial charge in [-0.1, -0.05) is 20.8 Å². The van der Waals surface area contributed by atoms with E-state index in [9.17, 15) is 9.59 Å². The van der Waals surface area contributed by atoms with Gasteiger partial charge in [0.2, 0.25) is 0 Å². The minimum absolute atomic E-state index is 0.424. The number of hydrogen-bond acceptors (Lipinski definition) is 3. The third-order valence-corrected chi connectivity index (χ3v) is 2.71. The first-order valence-corrected chi connectivity index (χ1v) is 6.56. The van der Waals surface area contributed by atoms with Crippen LogP contribution in [0.15, 0.2) is 0 Å². The Bertz CT molecular complexity index is 298. The molecule has 1 atom stereocenters. The summed E-state index contributed by atoms with van der Waals surface area (Å²) in [6.07, 6.45) is 1.87. The van der Waals surface area contributed by atoms with E-state index >= 15 is 0 Å². The molecular weight excluding hydrogens is 246 g/mol. The molecule has 0 fully saturated rings. The number of urea groups is 1. The second kappa shape index (κ2) is 7.99. The lowest BCUT2D eigenvalue weighted by molar-refractivity contribution is -0.141. The lowest BCUT2D eigenvalue weighted by Crippen LogP contribution is -2.52. The van der Waals surface area contributed by atoms with Crippen LogP contribution in [0.1, 0.15) is 33.6 Å². The summed E-state index contributed by atoms with van der Waals surface area (Å²) < 4.78 is 0. The Morgan fingerprint density at radius 3 is 2.21 bits per heavy atom. The molecule has 0 aromatic rings. The molecule has 0 rings (SSSR count). The number of amides is 2. The minimum atomic E-state index is -1.02. The Morgan fingerprint density at radius 1 is 1.21 bits per heavy atom. The summed E-state index contributed by atoms with van der Waals surface area (Å²) in [6, 6.07) is -1.32. The van der Waals surface area contributed by atoms with Crippen molar-refractivity contribution in [2.75, 3.05) is 27.2 Å². The normalized spacial score (nSPS) is 13.2. The van der Waals surface area contributed by atoms with Crippen LogP contribution in [0.25, 0.3) is 0 Å². The number of aliphatic carboxylic acids is 1. The number of rotatable bonds is 7. The minimum Gasteiger partial charge on any atom is -0.480 e. The number of unbranched alkanes of at least 4 members (excludes halogenated alkanes) is 1. The molecule has 0 aliphatic rings. The zero-order valence-electron chi connectivity index (χ0n) is 12.6. The molecule has 19 heavy (non-hydrogen) atoms. The van der Waals surface area contributed by atoms with E-state index < -0.39 is 23.5 Å². The highest BCUT2D eigenvalue weighted by Crippen LogP contribution is 2.19. The fourth-order valence-electron chi connectivity index (χ4n) is 1.59. The van der Waals surface area contributed by atoms with Crippen molar-refractivity contribution in [1.29, 1.82) is 0 Å². The summed E-state index contributed by atoms with van der Waals surface area (Å²) in [7, 11) is 4.00. The van der Waals surface area contributed by atoms with Gasteiger partial charge in [-0.05, 0) is 38.9 Å². The van der Waals surface area contributed by atoms with E-state index in [1.807, 2.05) is 14.1 Å². The van der Waals surface area contributed by atoms with Crippen LogP contribution in [0.5, 0.6) is 0 Å². The van der Waals surface area contributed by atoms with Crippen molar-refractivity contribution in [3.8, 4) is 0 Å². The van der Waals surface area contributed by atoms with Gasteiger partial charge in [0.15, 0.2) is 0 Å². The van der Waals surface area contributed by atoms with Crippen molar-refractivity contribution in [1.82, 2.24) is 15.5 Å². The molecule has 0 aliphatic carbocycles. The molecular formula is C13H27N3O3. The zero-order valence-corrected chi connectivity index (χ0v) is 12.6. The largest absolute Gasteiger partial charge is 0.480 e.